The molecule has 0 aliphatic heterocycles. The average molecular weight is 358 g/mol. The van der Waals surface area contributed by atoms with Crippen molar-refractivity contribution in [2.24, 2.45) is 0 Å². The van der Waals surface area contributed by atoms with Crippen LogP contribution in [0.1, 0.15) is 20.3 Å². The summed E-state index contributed by atoms with van der Waals surface area (Å²) in [5, 5.41) is 2.74. The molecule has 0 fully saturated rings. The van der Waals surface area contributed by atoms with Crippen LogP contribution in [0.25, 0.3) is 0 Å². The Labute approximate surface area is 144 Å². The molecule has 0 heterocycles. The summed E-state index contributed by atoms with van der Waals surface area (Å²) >= 11 is 0. The summed E-state index contributed by atoms with van der Waals surface area (Å²) in [6, 6.07) is 6.97. The van der Waals surface area contributed by atoms with E-state index in [0.717, 1.165) is 0 Å². The molecule has 0 aromatic heterocycles. The van der Waals surface area contributed by atoms with Gasteiger partial charge in [-0.05, 0) is 44.5 Å². The molecule has 8 heteroatoms. The predicted octanol–water partition coefficient (Wildman–Crippen LogP) is 1.25. The zero-order valence-electron chi connectivity index (χ0n) is 14.6. The van der Waals surface area contributed by atoms with Crippen LogP contribution in [0, 0.1) is 0 Å². The molecule has 0 unspecified atom stereocenters. The molecule has 24 heavy (non-hydrogen) atoms. The van der Waals surface area contributed by atoms with Crippen molar-refractivity contribution >= 4 is 15.9 Å². The minimum absolute atomic E-state index is 0.0720. The van der Waals surface area contributed by atoms with Crippen LogP contribution < -0.4 is 14.8 Å². The molecule has 1 amide bonds. The maximum atomic E-state index is 12.0. The number of sulfonamides is 1. The van der Waals surface area contributed by atoms with Gasteiger partial charge in [-0.1, -0.05) is 0 Å². The van der Waals surface area contributed by atoms with Crippen LogP contribution in [0.3, 0.4) is 0 Å². The van der Waals surface area contributed by atoms with Crippen molar-refractivity contribution in [3.05, 3.63) is 24.3 Å². The second kappa shape index (κ2) is 9.48. The minimum atomic E-state index is -3.18. The molecule has 0 spiro atoms. The van der Waals surface area contributed by atoms with Crippen LogP contribution in [0.4, 0.5) is 0 Å². The van der Waals surface area contributed by atoms with Gasteiger partial charge in [-0.25, -0.2) is 12.7 Å². The van der Waals surface area contributed by atoms with E-state index in [0.29, 0.717) is 31.0 Å². The highest BCUT2D eigenvalue weighted by Gasteiger charge is 2.16. The van der Waals surface area contributed by atoms with E-state index in [1.54, 1.807) is 45.2 Å². The number of rotatable bonds is 10. The summed E-state index contributed by atoms with van der Waals surface area (Å²) in [4.78, 5) is 12.0. The minimum Gasteiger partial charge on any atom is -0.497 e. The first-order valence-electron chi connectivity index (χ1n) is 7.82. The van der Waals surface area contributed by atoms with E-state index in [9.17, 15) is 13.2 Å². The molecule has 1 aromatic carbocycles. The van der Waals surface area contributed by atoms with Gasteiger partial charge in [0.25, 0.3) is 5.91 Å². The summed E-state index contributed by atoms with van der Waals surface area (Å²) in [6.45, 7) is 4.02. The van der Waals surface area contributed by atoms with Crippen LogP contribution in [0.5, 0.6) is 11.5 Å². The van der Waals surface area contributed by atoms with E-state index in [1.165, 1.54) is 11.4 Å². The van der Waals surface area contributed by atoms with Gasteiger partial charge in [-0.3, -0.25) is 4.79 Å². The Morgan fingerprint density at radius 2 is 1.83 bits per heavy atom. The maximum absolute atomic E-state index is 12.0. The number of nitrogens with one attached hydrogen (secondary N) is 1. The number of carbonyl (C=O) groups is 1. The van der Waals surface area contributed by atoms with E-state index in [4.69, 9.17) is 9.47 Å². The van der Waals surface area contributed by atoms with Crippen LogP contribution in [0.2, 0.25) is 0 Å². The number of benzene rings is 1. The highest BCUT2D eigenvalue weighted by Crippen LogP contribution is 2.18. The molecule has 0 bridgehead atoms. The first-order chi connectivity index (χ1) is 11.3. The van der Waals surface area contributed by atoms with Gasteiger partial charge >= 0.3 is 0 Å². The second-order valence-corrected chi connectivity index (χ2v) is 7.67. The summed E-state index contributed by atoms with van der Waals surface area (Å²) in [7, 11) is -0.0598. The van der Waals surface area contributed by atoms with Crippen LogP contribution >= 0.6 is 0 Å². The molecule has 0 radical (unpaired) electrons. The summed E-state index contributed by atoms with van der Waals surface area (Å²) in [5.41, 5.74) is 0. The SMILES string of the molecule is CCS(=O)(=O)N(C)CCCNC(=O)[C@H](C)Oc1ccc(OC)cc1. The van der Waals surface area contributed by atoms with E-state index >= 15 is 0 Å². The van der Waals surface area contributed by atoms with Gasteiger partial charge in [0.2, 0.25) is 10.0 Å². The number of hydrogen-bond acceptors (Lipinski definition) is 5. The molecule has 7 nitrogen and oxygen atoms in total. The molecule has 1 atom stereocenters. The monoisotopic (exact) mass is 358 g/mol. The Morgan fingerprint density at radius 3 is 2.38 bits per heavy atom. The fraction of sp³-hybridized carbons (Fsp3) is 0.562. The van der Waals surface area contributed by atoms with Crippen LogP contribution in [0.15, 0.2) is 24.3 Å². The van der Waals surface area contributed by atoms with E-state index < -0.39 is 16.1 Å². The Kier molecular flexibility index (Phi) is 8.00. The van der Waals surface area contributed by atoms with E-state index in [1.807, 2.05) is 0 Å². The van der Waals surface area contributed by atoms with Crippen molar-refractivity contribution in [2.45, 2.75) is 26.4 Å². The van der Waals surface area contributed by atoms with E-state index in [-0.39, 0.29) is 11.7 Å². The zero-order chi connectivity index (χ0) is 18.2. The van der Waals surface area contributed by atoms with Crippen molar-refractivity contribution in [2.75, 3.05) is 33.0 Å². The predicted molar refractivity (Wildman–Crippen MR) is 92.8 cm³/mol. The van der Waals surface area contributed by atoms with Gasteiger partial charge in [-0.15, -0.1) is 0 Å². The number of ether oxygens (including phenoxy) is 2. The normalized spacial score (nSPS) is 12.7. The molecule has 136 valence electrons. The van der Waals surface area contributed by atoms with Crippen LogP contribution in [-0.4, -0.2) is 57.7 Å². The molecule has 1 aromatic rings. The van der Waals surface area contributed by atoms with Gasteiger partial charge in [0.1, 0.15) is 11.5 Å². The molecular weight excluding hydrogens is 332 g/mol. The van der Waals surface area contributed by atoms with Crippen LogP contribution in [-0.2, 0) is 14.8 Å². The molecule has 0 saturated heterocycles. The van der Waals surface area contributed by atoms with Gasteiger partial charge < -0.3 is 14.8 Å². The summed E-state index contributed by atoms with van der Waals surface area (Å²) in [6.07, 6.45) is -0.105. The number of methoxy groups -OCH3 is 1. The first kappa shape index (κ1) is 20.2. The quantitative estimate of drug-likeness (QED) is 0.636. The summed E-state index contributed by atoms with van der Waals surface area (Å²) < 4.78 is 35.1. The molecule has 0 saturated carbocycles. The lowest BCUT2D eigenvalue weighted by Crippen LogP contribution is -2.38. The lowest BCUT2D eigenvalue weighted by Gasteiger charge is -2.17. The third kappa shape index (κ3) is 6.37. The van der Waals surface area contributed by atoms with E-state index in [2.05, 4.69) is 5.32 Å². The van der Waals surface area contributed by atoms with Crippen molar-refractivity contribution in [1.82, 2.24) is 9.62 Å². The fourth-order valence-electron chi connectivity index (χ4n) is 1.93. The lowest BCUT2D eigenvalue weighted by atomic mass is 10.3. The molecule has 0 aliphatic rings. The second-order valence-electron chi connectivity index (χ2n) is 5.30. The Balaban J connectivity index is 2.34. The standard InChI is InChI=1S/C16H26N2O5S/c1-5-24(20,21)18(3)12-6-11-17-16(19)13(2)23-15-9-7-14(22-4)8-10-15/h7-10,13H,5-6,11-12H2,1-4H3,(H,17,19)/t13-/m0/s1. The van der Waals surface area contributed by atoms with Crippen molar-refractivity contribution in [3.63, 3.8) is 0 Å². The smallest absolute Gasteiger partial charge is 0.260 e. The van der Waals surface area contributed by atoms with Gasteiger partial charge in [0, 0.05) is 20.1 Å². The van der Waals surface area contributed by atoms with Gasteiger partial charge in [0.15, 0.2) is 6.10 Å². The highest BCUT2D eigenvalue weighted by molar-refractivity contribution is 7.89. The fourth-order valence-corrected chi connectivity index (χ4v) is 2.78. The Hall–Kier alpha value is -1.80. The first-order valence-corrected chi connectivity index (χ1v) is 9.43. The maximum Gasteiger partial charge on any atom is 0.260 e. The third-order valence-electron chi connectivity index (χ3n) is 3.53. The zero-order valence-corrected chi connectivity index (χ0v) is 15.4. The number of nitrogens with zero attached hydrogens (tertiary/aromatic N) is 1. The Bertz CT molecular complexity index is 616. The molecule has 1 N–H and O–H groups in total. The molecule has 1 rings (SSSR count). The third-order valence-corrected chi connectivity index (χ3v) is 5.39. The largest absolute Gasteiger partial charge is 0.497 e. The van der Waals surface area contributed by atoms with Gasteiger partial charge in [0.05, 0.1) is 12.9 Å². The highest BCUT2D eigenvalue weighted by atomic mass is 32.2. The Morgan fingerprint density at radius 1 is 1.25 bits per heavy atom. The average Bonchev–Trinajstić information content (AvgIpc) is 2.58. The number of hydrogen-bond donors (Lipinski definition) is 1. The van der Waals surface area contributed by atoms with Crippen molar-refractivity contribution < 1.29 is 22.7 Å². The molecular formula is C16H26N2O5S. The lowest BCUT2D eigenvalue weighted by molar-refractivity contribution is -0.127. The number of carbonyl (C=O) groups excluding carboxylic acids is 1. The van der Waals surface area contributed by atoms with Gasteiger partial charge in [-0.2, -0.15) is 0 Å². The van der Waals surface area contributed by atoms with Crippen molar-refractivity contribution in [1.29, 1.82) is 0 Å². The van der Waals surface area contributed by atoms with Crippen molar-refractivity contribution in [3.8, 4) is 11.5 Å². The topological polar surface area (TPSA) is 84.9 Å². The number of amides is 1. The summed E-state index contributed by atoms with van der Waals surface area (Å²) in [5.74, 6) is 1.12. The molecule has 0 aliphatic carbocycles.